The van der Waals surface area contributed by atoms with E-state index in [-0.39, 0.29) is 18.6 Å². The van der Waals surface area contributed by atoms with E-state index in [4.69, 9.17) is 16.3 Å². The van der Waals surface area contributed by atoms with Crippen LogP contribution in [0.15, 0.2) is 48.5 Å². The van der Waals surface area contributed by atoms with Gasteiger partial charge in [-0.2, -0.15) is 0 Å². The number of anilines is 1. The molecule has 1 atom stereocenters. The lowest BCUT2D eigenvalue weighted by Crippen LogP contribution is -2.45. The Kier molecular flexibility index (Phi) is 4.21. The van der Waals surface area contributed by atoms with Gasteiger partial charge in [-0.05, 0) is 23.8 Å². The standard InChI is InChI=1S/C17H15ClN2O3/c1-23-15(21)10-20-16(11-6-8-12(18)9-7-11)13-4-2-3-5-14(13)19-17(20)22/h2-9,16H,10H2,1H3,(H,19,22)/t16-/m1/s1. The molecule has 0 radical (unpaired) electrons. The Morgan fingerprint density at radius 1 is 1.22 bits per heavy atom. The van der Waals surface area contributed by atoms with Gasteiger partial charge in [0.1, 0.15) is 6.54 Å². The molecular weight excluding hydrogens is 316 g/mol. The lowest BCUT2D eigenvalue weighted by atomic mass is 9.94. The number of para-hydroxylation sites is 1. The van der Waals surface area contributed by atoms with Crippen molar-refractivity contribution in [1.29, 1.82) is 0 Å². The van der Waals surface area contributed by atoms with E-state index in [1.807, 2.05) is 36.4 Å². The highest BCUT2D eigenvalue weighted by atomic mass is 35.5. The number of nitrogens with one attached hydrogen (secondary N) is 1. The number of nitrogens with zero attached hydrogens (tertiary/aromatic N) is 1. The summed E-state index contributed by atoms with van der Waals surface area (Å²) >= 11 is 5.96. The first kappa shape index (κ1) is 15.4. The molecule has 23 heavy (non-hydrogen) atoms. The average molecular weight is 331 g/mol. The second kappa shape index (κ2) is 6.30. The normalized spacial score (nSPS) is 16.5. The summed E-state index contributed by atoms with van der Waals surface area (Å²) in [6.07, 6.45) is 0. The maximum absolute atomic E-state index is 12.4. The lowest BCUT2D eigenvalue weighted by molar-refractivity contribution is -0.141. The van der Waals surface area contributed by atoms with Crippen molar-refractivity contribution in [3.63, 3.8) is 0 Å². The molecule has 0 saturated carbocycles. The number of methoxy groups -OCH3 is 1. The molecule has 5 nitrogen and oxygen atoms in total. The molecule has 0 bridgehead atoms. The van der Waals surface area contributed by atoms with Crippen LogP contribution in [0.1, 0.15) is 17.2 Å². The molecule has 6 heteroatoms. The van der Waals surface area contributed by atoms with E-state index in [1.54, 1.807) is 12.1 Å². The van der Waals surface area contributed by atoms with E-state index >= 15 is 0 Å². The Morgan fingerprint density at radius 2 is 1.91 bits per heavy atom. The number of esters is 1. The highest BCUT2D eigenvalue weighted by Gasteiger charge is 2.34. The maximum atomic E-state index is 12.4. The molecular formula is C17H15ClN2O3. The molecule has 0 saturated heterocycles. The summed E-state index contributed by atoms with van der Waals surface area (Å²) in [5, 5.41) is 3.42. The number of urea groups is 1. The zero-order chi connectivity index (χ0) is 16.4. The van der Waals surface area contributed by atoms with Crippen molar-refractivity contribution in [3.8, 4) is 0 Å². The molecule has 1 N–H and O–H groups in total. The summed E-state index contributed by atoms with van der Waals surface area (Å²) in [5.74, 6) is -0.474. The summed E-state index contributed by atoms with van der Waals surface area (Å²) in [6, 6.07) is 14.0. The van der Waals surface area contributed by atoms with E-state index in [1.165, 1.54) is 12.0 Å². The van der Waals surface area contributed by atoms with Crippen LogP contribution in [0.3, 0.4) is 0 Å². The monoisotopic (exact) mass is 330 g/mol. The summed E-state index contributed by atoms with van der Waals surface area (Å²) in [4.78, 5) is 25.6. The van der Waals surface area contributed by atoms with Crippen LogP contribution in [-0.4, -0.2) is 30.6 Å². The zero-order valence-electron chi connectivity index (χ0n) is 12.5. The lowest BCUT2D eigenvalue weighted by Gasteiger charge is -2.37. The van der Waals surface area contributed by atoms with Crippen molar-refractivity contribution in [2.45, 2.75) is 6.04 Å². The van der Waals surface area contributed by atoms with Gasteiger partial charge in [0, 0.05) is 16.3 Å². The third-order valence-electron chi connectivity index (χ3n) is 3.78. The van der Waals surface area contributed by atoms with Crippen molar-refractivity contribution in [3.05, 3.63) is 64.7 Å². The van der Waals surface area contributed by atoms with Crippen LogP contribution in [0, 0.1) is 0 Å². The number of carbonyl (C=O) groups excluding carboxylic acids is 2. The van der Waals surface area contributed by atoms with E-state index in [9.17, 15) is 9.59 Å². The minimum absolute atomic E-state index is 0.135. The Hall–Kier alpha value is -2.53. The third-order valence-corrected chi connectivity index (χ3v) is 4.03. The van der Waals surface area contributed by atoms with Gasteiger partial charge in [0.2, 0.25) is 0 Å². The largest absolute Gasteiger partial charge is 0.468 e. The number of carbonyl (C=O) groups is 2. The van der Waals surface area contributed by atoms with Crippen LogP contribution in [-0.2, 0) is 9.53 Å². The van der Waals surface area contributed by atoms with Gasteiger partial charge in [0.05, 0.1) is 13.2 Å². The van der Waals surface area contributed by atoms with Crippen LogP contribution in [0.4, 0.5) is 10.5 Å². The van der Waals surface area contributed by atoms with Gasteiger partial charge in [0.15, 0.2) is 0 Å². The fourth-order valence-corrected chi connectivity index (χ4v) is 2.82. The summed E-state index contributed by atoms with van der Waals surface area (Å²) in [7, 11) is 1.30. The van der Waals surface area contributed by atoms with Crippen LogP contribution in [0.2, 0.25) is 5.02 Å². The second-order valence-corrected chi connectivity index (χ2v) is 5.61. The molecule has 1 heterocycles. The highest BCUT2D eigenvalue weighted by Crippen LogP contribution is 2.37. The SMILES string of the molecule is COC(=O)CN1C(=O)Nc2ccccc2[C@H]1c1ccc(Cl)cc1. The van der Waals surface area contributed by atoms with Gasteiger partial charge in [-0.25, -0.2) is 4.79 Å². The van der Waals surface area contributed by atoms with E-state index < -0.39 is 5.97 Å². The molecule has 2 aromatic carbocycles. The predicted molar refractivity (Wildman–Crippen MR) is 87.5 cm³/mol. The van der Waals surface area contributed by atoms with Crippen molar-refractivity contribution in [2.24, 2.45) is 0 Å². The molecule has 0 aromatic heterocycles. The average Bonchev–Trinajstić information content (AvgIpc) is 2.56. The van der Waals surface area contributed by atoms with Crippen LogP contribution in [0.5, 0.6) is 0 Å². The van der Waals surface area contributed by atoms with Crippen molar-refractivity contribution < 1.29 is 14.3 Å². The fraction of sp³-hybridized carbons (Fsp3) is 0.176. The van der Waals surface area contributed by atoms with Gasteiger partial charge < -0.3 is 15.0 Å². The number of fused-ring (bicyclic) bond motifs is 1. The second-order valence-electron chi connectivity index (χ2n) is 5.18. The Balaban J connectivity index is 2.09. The fourth-order valence-electron chi connectivity index (χ4n) is 2.69. The first-order chi connectivity index (χ1) is 11.1. The van der Waals surface area contributed by atoms with Crippen molar-refractivity contribution in [1.82, 2.24) is 4.90 Å². The first-order valence-corrected chi connectivity index (χ1v) is 7.47. The topological polar surface area (TPSA) is 58.6 Å². The van der Waals surface area contributed by atoms with Gasteiger partial charge in [0.25, 0.3) is 0 Å². The number of benzene rings is 2. The molecule has 0 spiro atoms. The molecule has 0 unspecified atom stereocenters. The molecule has 2 amide bonds. The summed E-state index contributed by atoms with van der Waals surface area (Å²) in [6.45, 7) is -0.135. The minimum atomic E-state index is -0.474. The maximum Gasteiger partial charge on any atom is 0.325 e. The van der Waals surface area contributed by atoms with Gasteiger partial charge >= 0.3 is 12.0 Å². The quantitative estimate of drug-likeness (QED) is 0.877. The third kappa shape index (κ3) is 3.00. The molecule has 118 valence electrons. The molecule has 0 aliphatic carbocycles. The van der Waals surface area contributed by atoms with E-state index in [0.29, 0.717) is 5.02 Å². The first-order valence-electron chi connectivity index (χ1n) is 7.09. The number of hydrogen-bond donors (Lipinski definition) is 1. The van der Waals surface area contributed by atoms with Crippen molar-refractivity contribution >= 4 is 29.3 Å². The van der Waals surface area contributed by atoms with Gasteiger partial charge in [-0.3, -0.25) is 4.79 Å². The van der Waals surface area contributed by atoms with Crippen LogP contribution < -0.4 is 5.32 Å². The Morgan fingerprint density at radius 3 is 2.61 bits per heavy atom. The van der Waals surface area contributed by atoms with Gasteiger partial charge in [-0.15, -0.1) is 0 Å². The summed E-state index contributed by atoms with van der Waals surface area (Å²) < 4.78 is 4.71. The van der Waals surface area contributed by atoms with E-state index in [2.05, 4.69) is 5.32 Å². The molecule has 1 aliphatic heterocycles. The predicted octanol–water partition coefficient (Wildman–Crippen LogP) is 3.45. The van der Waals surface area contributed by atoms with E-state index in [0.717, 1.165) is 16.8 Å². The molecule has 3 rings (SSSR count). The molecule has 1 aliphatic rings. The Labute approximate surface area is 138 Å². The van der Waals surface area contributed by atoms with Crippen LogP contribution >= 0.6 is 11.6 Å². The number of amides is 2. The molecule has 2 aromatic rings. The molecule has 0 fully saturated rings. The zero-order valence-corrected chi connectivity index (χ0v) is 13.2. The highest BCUT2D eigenvalue weighted by molar-refractivity contribution is 6.30. The minimum Gasteiger partial charge on any atom is -0.468 e. The summed E-state index contributed by atoms with van der Waals surface area (Å²) in [5.41, 5.74) is 2.53. The van der Waals surface area contributed by atoms with Crippen molar-refractivity contribution in [2.75, 3.05) is 19.0 Å². The smallest absolute Gasteiger partial charge is 0.325 e. The van der Waals surface area contributed by atoms with Crippen LogP contribution in [0.25, 0.3) is 0 Å². The number of ether oxygens (including phenoxy) is 1. The van der Waals surface area contributed by atoms with Gasteiger partial charge in [-0.1, -0.05) is 41.9 Å². The number of halogens is 1. The number of hydrogen-bond acceptors (Lipinski definition) is 3. The Bertz CT molecular complexity index is 746. The number of rotatable bonds is 3.